The van der Waals surface area contributed by atoms with Crippen LogP contribution in [0, 0.1) is 0 Å². The molecule has 14 heavy (non-hydrogen) atoms. The lowest BCUT2D eigenvalue weighted by molar-refractivity contribution is 0.162. The largest absolute Gasteiger partial charge is 0.390 e. The summed E-state index contributed by atoms with van der Waals surface area (Å²) in [5, 5.41) is 13.5. The van der Waals surface area contributed by atoms with Crippen LogP contribution >= 0.6 is 11.6 Å². The maximum Gasteiger partial charge on any atom is 0.0866 e. The predicted octanol–water partition coefficient (Wildman–Crippen LogP) is 0.996. The van der Waals surface area contributed by atoms with Crippen LogP contribution in [0.1, 0.15) is 5.56 Å². The lowest BCUT2D eigenvalue weighted by Crippen LogP contribution is -2.37. The second kappa shape index (κ2) is 3.77. The molecule has 0 aliphatic carbocycles. The van der Waals surface area contributed by atoms with Crippen molar-refractivity contribution in [1.82, 2.24) is 0 Å². The summed E-state index contributed by atoms with van der Waals surface area (Å²) in [6, 6.07) is 5.71. The van der Waals surface area contributed by atoms with Gasteiger partial charge in [-0.15, -0.1) is 0 Å². The highest BCUT2D eigenvalue weighted by molar-refractivity contribution is 6.30. The minimum absolute atomic E-state index is 0.0217. The van der Waals surface area contributed by atoms with Gasteiger partial charge in [-0.1, -0.05) is 11.6 Å². The molecule has 1 aliphatic rings. The van der Waals surface area contributed by atoms with Gasteiger partial charge >= 0.3 is 0 Å². The summed E-state index contributed by atoms with van der Waals surface area (Å²) >= 11 is 5.87. The van der Waals surface area contributed by atoms with Crippen molar-refractivity contribution in [3.8, 4) is 0 Å². The van der Waals surface area contributed by atoms with Crippen molar-refractivity contribution in [1.29, 1.82) is 0 Å². The molecule has 2 atom stereocenters. The Hall–Kier alpha value is -0.770. The van der Waals surface area contributed by atoms with Gasteiger partial charge < -0.3 is 16.2 Å². The first-order valence-corrected chi connectivity index (χ1v) is 5.01. The zero-order valence-electron chi connectivity index (χ0n) is 7.70. The summed E-state index contributed by atoms with van der Waals surface area (Å²) in [6.45, 7) is 0.277. The van der Waals surface area contributed by atoms with Crippen LogP contribution in [0.4, 0.5) is 5.69 Å². The van der Waals surface area contributed by atoms with Crippen molar-refractivity contribution in [3.05, 3.63) is 28.8 Å². The third kappa shape index (κ3) is 1.71. The standard InChI is InChI=1S/C10H13ClN2O/c11-7-1-2-8-6(3-7)4-9(13-8)10(14)5-12/h1-3,9-10,13-14H,4-5,12H2. The summed E-state index contributed by atoms with van der Waals surface area (Å²) < 4.78 is 0. The number of hydrogen-bond donors (Lipinski definition) is 3. The average molecular weight is 213 g/mol. The summed E-state index contributed by atoms with van der Waals surface area (Å²) in [6.07, 6.45) is 0.287. The fourth-order valence-electron chi connectivity index (χ4n) is 1.76. The van der Waals surface area contributed by atoms with E-state index >= 15 is 0 Å². The topological polar surface area (TPSA) is 58.3 Å². The van der Waals surface area contributed by atoms with Gasteiger partial charge in [-0.05, 0) is 30.2 Å². The lowest BCUT2D eigenvalue weighted by atomic mass is 10.1. The molecule has 3 nitrogen and oxygen atoms in total. The van der Waals surface area contributed by atoms with Gasteiger partial charge in [0.25, 0.3) is 0 Å². The quantitative estimate of drug-likeness (QED) is 0.686. The van der Waals surface area contributed by atoms with E-state index in [0.717, 1.165) is 22.7 Å². The zero-order chi connectivity index (χ0) is 10.1. The molecule has 4 heteroatoms. The highest BCUT2D eigenvalue weighted by Crippen LogP contribution is 2.29. The molecular weight excluding hydrogens is 200 g/mol. The molecule has 0 radical (unpaired) electrons. The molecule has 0 fully saturated rings. The Kier molecular flexibility index (Phi) is 2.63. The van der Waals surface area contributed by atoms with E-state index in [-0.39, 0.29) is 12.6 Å². The van der Waals surface area contributed by atoms with Crippen LogP contribution in [0.2, 0.25) is 5.02 Å². The fraction of sp³-hybridized carbons (Fsp3) is 0.400. The van der Waals surface area contributed by atoms with Crippen molar-refractivity contribution < 1.29 is 5.11 Å². The maximum absolute atomic E-state index is 9.58. The molecule has 0 bridgehead atoms. The van der Waals surface area contributed by atoms with E-state index in [0.29, 0.717) is 0 Å². The van der Waals surface area contributed by atoms with Gasteiger partial charge in [-0.3, -0.25) is 0 Å². The Morgan fingerprint density at radius 1 is 1.64 bits per heavy atom. The van der Waals surface area contributed by atoms with Crippen LogP contribution in [0.15, 0.2) is 18.2 Å². The van der Waals surface area contributed by atoms with Crippen molar-refractivity contribution in [2.45, 2.75) is 18.6 Å². The van der Waals surface area contributed by atoms with E-state index in [4.69, 9.17) is 17.3 Å². The summed E-state index contributed by atoms with van der Waals surface area (Å²) in [5.41, 5.74) is 7.60. The number of anilines is 1. The number of hydrogen-bond acceptors (Lipinski definition) is 3. The van der Waals surface area contributed by atoms with Gasteiger partial charge in [0.15, 0.2) is 0 Å². The molecule has 1 aromatic carbocycles. The van der Waals surface area contributed by atoms with Crippen LogP contribution in [-0.4, -0.2) is 23.8 Å². The number of halogens is 1. The molecule has 1 heterocycles. The van der Waals surface area contributed by atoms with Crippen molar-refractivity contribution in [3.63, 3.8) is 0 Å². The zero-order valence-corrected chi connectivity index (χ0v) is 8.46. The van der Waals surface area contributed by atoms with Gasteiger partial charge in [-0.25, -0.2) is 0 Å². The maximum atomic E-state index is 9.58. The summed E-state index contributed by atoms with van der Waals surface area (Å²) in [7, 11) is 0. The normalized spacial score (nSPS) is 21.5. The predicted molar refractivity (Wildman–Crippen MR) is 57.6 cm³/mol. The molecule has 0 saturated carbocycles. The molecular formula is C10H13ClN2O. The molecule has 2 unspecified atom stereocenters. The molecule has 76 valence electrons. The third-order valence-corrected chi connectivity index (χ3v) is 2.79. The fourth-order valence-corrected chi connectivity index (χ4v) is 1.95. The van der Waals surface area contributed by atoms with Gasteiger partial charge in [0.1, 0.15) is 0 Å². The summed E-state index contributed by atoms with van der Waals surface area (Å²) in [5.74, 6) is 0. The van der Waals surface area contributed by atoms with Crippen molar-refractivity contribution >= 4 is 17.3 Å². The van der Waals surface area contributed by atoms with E-state index < -0.39 is 6.10 Å². The van der Waals surface area contributed by atoms with Crippen LogP contribution in [-0.2, 0) is 6.42 Å². The van der Waals surface area contributed by atoms with Crippen LogP contribution in [0.3, 0.4) is 0 Å². The number of aliphatic hydroxyl groups excluding tert-OH is 1. The number of nitrogens with one attached hydrogen (secondary N) is 1. The van der Waals surface area contributed by atoms with Crippen molar-refractivity contribution in [2.75, 3.05) is 11.9 Å². The van der Waals surface area contributed by atoms with Gasteiger partial charge in [0.05, 0.1) is 12.1 Å². The molecule has 1 aromatic rings. The highest BCUT2D eigenvalue weighted by atomic mass is 35.5. The van der Waals surface area contributed by atoms with Crippen LogP contribution in [0.5, 0.6) is 0 Å². The Morgan fingerprint density at radius 3 is 3.14 bits per heavy atom. The molecule has 0 spiro atoms. The minimum atomic E-state index is -0.499. The first kappa shape index (κ1) is 9.77. The molecule has 2 rings (SSSR count). The number of aliphatic hydroxyl groups is 1. The van der Waals surface area contributed by atoms with Crippen LogP contribution in [0.25, 0.3) is 0 Å². The van der Waals surface area contributed by atoms with Gasteiger partial charge in [0, 0.05) is 17.3 Å². The average Bonchev–Trinajstić information content (AvgIpc) is 2.59. The van der Waals surface area contributed by atoms with Gasteiger partial charge in [0.2, 0.25) is 0 Å². The molecule has 4 N–H and O–H groups in total. The number of benzene rings is 1. The van der Waals surface area contributed by atoms with E-state index in [1.807, 2.05) is 18.2 Å². The minimum Gasteiger partial charge on any atom is -0.390 e. The smallest absolute Gasteiger partial charge is 0.0866 e. The monoisotopic (exact) mass is 212 g/mol. The number of nitrogens with two attached hydrogens (primary N) is 1. The first-order chi connectivity index (χ1) is 6.70. The Morgan fingerprint density at radius 2 is 2.43 bits per heavy atom. The van der Waals surface area contributed by atoms with E-state index in [1.54, 1.807) is 0 Å². The second-order valence-electron chi connectivity index (χ2n) is 3.56. The second-order valence-corrected chi connectivity index (χ2v) is 4.00. The lowest BCUT2D eigenvalue weighted by Gasteiger charge is -2.16. The highest BCUT2D eigenvalue weighted by Gasteiger charge is 2.25. The number of rotatable bonds is 2. The van der Waals surface area contributed by atoms with Crippen molar-refractivity contribution in [2.24, 2.45) is 5.73 Å². The van der Waals surface area contributed by atoms with Crippen LogP contribution < -0.4 is 11.1 Å². The van der Waals surface area contributed by atoms with E-state index in [9.17, 15) is 5.11 Å². The van der Waals surface area contributed by atoms with Gasteiger partial charge in [-0.2, -0.15) is 0 Å². The molecule has 0 amide bonds. The molecule has 1 aliphatic heterocycles. The molecule has 0 saturated heterocycles. The third-order valence-electron chi connectivity index (χ3n) is 2.55. The first-order valence-electron chi connectivity index (χ1n) is 4.64. The number of fused-ring (bicyclic) bond motifs is 1. The van der Waals surface area contributed by atoms with E-state index in [1.165, 1.54) is 0 Å². The molecule has 0 aromatic heterocycles. The Balaban J connectivity index is 2.17. The summed E-state index contributed by atoms with van der Waals surface area (Å²) in [4.78, 5) is 0. The SMILES string of the molecule is NCC(O)C1Cc2cc(Cl)ccc2N1. The Bertz CT molecular complexity index is 343. The Labute approximate surface area is 87.9 Å². The van der Waals surface area contributed by atoms with E-state index in [2.05, 4.69) is 5.32 Å².